The predicted octanol–water partition coefficient (Wildman–Crippen LogP) is 3.74. The van der Waals surface area contributed by atoms with Gasteiger partial charge in [-0.05, 0) is 32.0 Å². The number of aromatic nitrogens is 2. The van der Waals surface area contributed by atoms with Crippen LogP contribution >= 0.6 is 0 Å². The summed E-state index contributed by atoms with van der Waals surface area (Å²) < 4.78 is 15.7. The Morgan fingerprint density at radius 1 is 1.10 bits per heavy atom. The molecule has 0 fully saturated rings. The molecule has 0 aliphatic heterocycles. The first-order valence-electron chi connectivity index (χ1n) is 8.95. The Balaban J connectivity index is 1.80. The van der Waals surface area contributed by atoms with Crippen molar-refractivity contribution in [2.45, 2.75) is 20.0 Å². The van der Waals surface area contributed by atoms with Gasteiger partial charge < -0.3 is 13.9 Å². The van der Waals surface area contributed by atoms with E-state index in [0.717, 1.165) is 12.1 Å². The van der Waals surface area contributed by atoms with Crippen LogP contribution in [0.15, 0.2) is 52.9 Å². The maximum absolute atomic E-state index is 12.5. The number of hydrogen-bond acceptors (Lipinski definition) is 9. The molecule has 30 heavy (non-hydrogen) atoms. The fraction of sp³-hybridized carbons (Fsp3) is 0.200. The van der Waals surface area contributed by atoms with E-state index in [2.05, 4.69) is 10.2 Å². The van der Waals surface area contributed by atoms with Crippen LogP contribution in [0.1, 0.15) is 46.6 Å². The standard InChI is InChI=1S/C20H17N3O7/c1-3-28-19(24)14-9-15(11-16(10-14)23(26)27)20(25)29-12(2)17-21-22-18(30-17)13-7-5-4-6-8-13/h4-12H,3H2,1-2H3/t12-/m0/s1. The third-order valence-corrected chi connectivity index (χ3v) is 3.97. The highest BCUT2D eigenvalue weighted by Crippen LogP contribution is 2.24. The SMILES string of the molecule is CCOC(=O)c1cc(C(=O)O[C@@H](C)c2nnc(-c3ccccc3)o2)cc([N+](=O)[O-])c1. The largest absolute Gasteiger partial charge is 0.462 e. The highest BCUT2D eigenvalue weighted by molar-refractivity contribution is 5.96. The van der Waals surface area contributed by atoms with Crippen molar-refractivity contribution in [2.75, 3.05) is 6.61 Å². The number of esters is 2. The van der Waals surface area contributed by atoms with E-state index in [-0.39, 0.29) is 29.5 Å². The molecule has 0 aliphatic carbocycles. The minimum absolute atomic E-state index is 0.0539. The van der Waals surface area contributed by atoms with E-state index < -0.39 is 28.7 Å². The number of benzene rings is 2. The predicted molar refractivity (Wildman–Crippen MR) is 103 cm³/mol. The van der Waals surface area contributed by atoms with Crippen molar-refractivity contribution >= 4 is 17.6 Å². The number of hydrogen-bond donors (Lipinski definition) is 0. The van der Waals surface area contributed by atoms with E-state index in [0.29, 0.717) is 5.56 Å². The number of nitro groups is 1. The zero-order chi connectivity index (χ0) is 21.7. The van der Waals surface area contributed by atoms with E-state index in [1.807, 2.05) is 18.2 Å². The summed E-state index contributed by atoms with van der Waals surface area (Å²) in [5, 5.41) is 19.0. The molecule has 2 aromatic carbocycles. The number of rotatable bonds is 7. The highest BCUT2D eigenvalue weighted by Gasteiger charge is 2.23. The third-order valence-electron chi connectivity index (χ3n) is 3.97. The first kappa shape index (κ1) is 20.6. The average Bonchev–Trinajstić information content (AvgIpc) is 3.24. The van der Waals surface area contributed by atoms with E-state index in [1.54, 1.807) is 19.1 Å². The lowest BCUT2D eigenvalue weighted by molar-refractivity contribution is -0.384. The van der Waals surface area contributed by atoms with Gasteiger partial charge in [0.1, 0.15) is 0 Å². The Bertz CT molecular complexity index is 1080. The summed E-state index contributed by atoms with van der Waals surface area (Å²) in [4.78, 5) is 34.9. The first-order chi connectivity index (χ1) is 14.4. The normalized spacial score (nSPS) is 11.5. The van der Waals surface area contributed by atoms with Gasteiger partial charge in [-0.25, -0.2) is 9.59 Å². The van der Waals surface area contributed by atoms with Gasteiger partial charge in [-0.2, -0.15) is 0 Å². The van der Waals surface area contributed by atoms with Gasteiger partial charge in [-0.3, -0.25) is 10.1 Å². The van der Waals surface area contributed by atoms with Gasteiger partial charge >= 0.3 is 11.9 Å². The maximum Gasteiger partial charge on any atom is 0.339 e. The van der Waals surface area contributed by atoms with Crippen molar-refractivity contribution in [1.82, 2.24) is 10.2 Å². The molecule has 0 amide bonds. The lowest BCUT2D eigenvalue weighted by Crippen LogP contribution is -2.12. The summed E-state index contributed by atoms with van der Waals surface area (Å²) in [5.41, 5.74) is -0.0476. The number of nitrogens with zero attached hydrogens (tertiary/aromatic N) is 3. The van der Waals surface area contributed by atoms with Crippen LogP contribution in [-0.2, 0) is 9.47 Å². The van der Waals surface area contributed by atoms with Crippen molar-refractivity contribution in [3.63, 3.8) is 0 Å². The lowest BCUT2D eigenvalue weighted by atomic mass is 10.1. The minimum atomic E-state index is -0.923. The van der Waals surface area contributed by atoms with Crippen molar-refractivity contribution in [3.8, 4) is 11.5 Å². The topological polar surface area (TPSA) is 135 Å². The molecule has 154 valence electrons. The van der Waals surface area contributed by atoms with E-state index in [9.17, 15) is 19.7 Å². The maximum atomic E-state index is 12.5. The molecule has 10 heteroatoms. The molecule has 10 nitrogen and oxygen atoms in total. The molecule has 0 saturated carbocycles. The molecule has 0 spiro atoms. The Morgan fingerprint density at radius 3 is 2.40 bits per heavy atom. The Morgan fingerprint density at radius 2 is 1.77 bits per heavy atom. The average molecular weight is 411 g/mol. The molecule has 0 N–H and O–H groups in total. The summed E-state index contributed by atoms with van der Waals surface area (Å²) in [6.45, 7) is 3.20. The zero-order valence-electron chi connectivity index (χ0n) is 16.1. The van der Waals surface area contributed by atoms with Gasteiger partial charge in [0.05, 0.1) is 22.7 Å². The molecule has 1 aromatic heterocycles. The quantitative estimate of drug-likeness (QED) is 0.323. The van der Waals surface area contributed by atoms with Crippen molar-refractivity contribution in [3.05, 3.63) is 75.7 Å². The Labute approximate surface area is 170 Å². The minimum Gasteiger partial charge on any atom is -0.462 e. The lowest BCUT2D eigenvalue weighted by Gasteiger charge is -2.10. The molecule has 0 bridgehead atoms. The number of nitro benzene ring substituents is 1. The van der Waals surface area contributed by atoms with Crippen LogP contribution in [0, 0.1) is 10.1 Å². The third kappa shape index (κ3) is 4.66. The molecule has 3 aromatic rings. The van der Waals surface area contributed by atoms with Crippen LogP contribution in [0.3, 0.4) is 0 Å². The van der Waals surface area contributed by atoms with Gasteiger partial charge in [0, 0.05) is 17.7 Å². The molecular weight excluding hydrogens is 394 g/mol. The van der Waals surface area contributed by atoms with Crippen molar-refractivity contribution in [2.24, 2.45) is 0 Å². The number of carbonyl (C=O) groups is 2. The van der Waals surface area contributed by atoms with Gasteiger partial charge in [0.15, 0.2) is 6.10 Å². The zero-order valence-corrected chi connectivity index (χ0v) is 16.1. The molecule has 0 radical (unpaired) electrons. The van der Waals surface area contributed by atoms with Crippen molar-refractivity contribution in [1.29, 1.82) is 0 Å². The number of carbonyl (C=O) groups excluding carboxylic acids is 2. The first-order valence-corrected chi connectivity index (χ1v) is 8.95. The molecule has 3 rings (SSSR count). The van der Waals surface area contributed by atoms with Gasteiger partial charge in [0.25, 0.3) is 11.6 Å². The molecule has 0 aliphatic rings. The van der Waals surface area contributed by atoms with Crippen molar-refractivity contribution < 1.29 is 28.4 Å². The summed E-state index contributed by atoms with van der Waals surface area (Å²) in [5.74, 6) is -1.37. The second kappa shape index (κ2) is 8.95. The second-order valence-corrected chi connectivity index (χ2v) is 6.11. The highest BCUT2D eigenvalue weighted by atomic mass is 16.6. The van der Waals surface area contributed by atoms with Crippen LogP contribution in [0.5, 0.6) is 0 Å². The fourth-order valence-corrected chi connectivity index (χ4v) is 2.54. The molecule has 1 heterocycles. The fourth-order valence-electron chi connectivity index (χ4n) is 2.54. The number of ether oxygens (including phenoxy) is 2. The summed E-state index contributed by atoms with van der Waals surface area (Å²) >= 11 is 0. The van der Waals surface area contributed by atoms with E-state index in [4.69, 9.17) is 13.9 Å². The Hall–Kier alpha value is -4.08. The van der Waals surface area contributed by atoms with Crippen LogP contribution < -0.4 is 0 Å². The van der Waals surface area contributed by atoms with Crippen LogP contribution in [0.4, 0.5) is 5.69 Å². The molecular formula is C20H17N3O7. The van der Waals surface area contributed by atoms with Gasteiger partial charge in [0.2, 0.25) is 5.89 Å². The second-order valence-electron chi connectivity index (χ2n) is 6.11. The number of non-ortho nitro benzene ring substituents is 1. The van der Waals surface area contributed by atoms with Crippen LogP contribution in [0.2, 0.25) is 0 Å². The summed E-state index contributed by atoms with van der Waals surface area (Å²) in [6.07, 6.45) is -0.923. The van der Waals surface area contributed by atoms with Gasteiger partial charge in [-0.15, -0.1) is 10.2 Å². The summed E-state index contributed by atoms with van der Waals surface area (Å²) in [6, 6.07) is 12.3. The van der Waals surface area contributed by atoms with E-state index >= 15 is 0 Å². The summed E-state index contributed by atoms with van der Waals surface area (Å²) in [7, 11) is 0. The molecule has 1 atom stereocenters. The van der Waals surface area contributed by atoms with Crippen LogP contribution in [-0.4, -0.2) is 33.7 Å². The monoisotopic (exact) mass is 411 g/mol. The van der Waals surface area contributed by atoms with Crippen LogP contribution in [0.25, 0.3) is 11.5 Å². The van der Waals surface area contributed by atoms with E-state index in [1.165, 1.54) is 13.0 Å². The molecule has 0 saturated heterocycles. The van der Waals surface area contributed by atoms with Gasteiger partial charge in [-0.1, -0.05) is 18.2 Å². The molecule has 0 unspecified atom stereocenters. The Kier molecular flexibility index (Phi) is 6.16. The smallest absolute Gasteiger partial charge is 0.339 e.